The Bertz CT molecular complexity index is 695. The zero-order chi connectivity index (χ0) is 28.0. The van der Waals surface area contributed by atoms with Gasteiger partial charge in [-0.05, 0) is 0 Å². The molecule has 0 aromatic heterocycles. The third kappa shape index (κ3) is 7.49. The van der Waals surface area contributed by atoms with E-state index >= 15 is 13.2 Å². The molecule has 1 nitrogen and oxygen atoms in total. The second-order valence-electron chi connectivity index (χ2n) is 7.50. The van der Waals surface area contributed by atoms with Crippen molar-refractivity contribution < 1.29 is 68.9 Å². The number of rotatable bonds is 15. The van der Waals surface area contributed by atoms with Crippen molar-refractivity contribution in [2.75, 3.05) is 0 Å². The second kappa shape index (κ2) is 14.2. The van der Waals surface area contributed by atoms with E-state index < -0.39 is 94.3 Å². The molecule has 9 unspecified atom stereocenters. The first-order chi connectivity index (χ1) is 16.6. The van der Waals surface area contributed by atoms with Gasteiger partial charge >= 0.3 is 199 Å². The Labute approximate surface area is 199 Å². The summed E-state index contributed by atoms with van der Waals surface area (Å²) < 4.78 is 196. The molecule has 0 N–H and O–H groups in total. The first-order valence-electron chi connectivity index (χ1n) is 9.90. The van der Waals surface area contributed by atoms with Crippen LogP contribution >= 0.6 is 0 Å². The molecule has 0 radical (unpaired) electrons. The minimum atomic E-state index is -8.22. The van der Waals surface area contributed by atoms with Crippen molar-refractivity contribution in [1.29, 1.82) is 0 Å². The normalized spacial score (nSPS) is 21.9. The summed E-state index contributed by atoms with van der Waals surface area (Å²) in [6.07, 6.45) is -39.0. The van der Waals surface area contributed by atoms with Gasteiger partial charge in [0, 0.05) is 0 Å². The minimum absolute atomic E-state index is 0.256. The van der Waals surface area contributed by atoms with Crippen LogP contribution in [0.1, 0.15) is 5.56 Å². The maximum atomic E-state index is 15.2. The fraction of sp³-hybridized carbons (Fsp3) is 0.684. The molecule has 0 spiro atoms. The van der Waals surface area contributed by atoms with Crippen LogP contribution in [0, 0.1) is 0 Å². The summed E-state index contributed by atoms with van der Waals surface area (Å²) in [5.74, 6) is 0. The summed E-state index contributed by atoms with van der Waals surface area (Å²) in [6.45, 7) is -1.37. The van der Waals surface area contributed by atoms with Crippen molar-refractivity contribution in [3.05, 3.63) is 35.9 Å². The van der Waals surface area contributed by atoms with Crippen LogP contribution < -0.4 is 0 Å². The predicted molar refractivity (Wildman–Crippen MR) is 99.1 cm³/mol. The average Bonchev–Trinajstić information content (AvgIpc) is 2.85. The Hall–Kier alpha value is -1.07. The Morgan fingerprint density at radius 3 is 1.06 bits per heavy atom. The Balaban J connectivity index is 3.75. The van der Waals surface area contributed by atoms with E-state index in [0.717, 1.165) is 12.1 Å². The van der Waals surface area contributed by atoms with Crippen molar-refractivity contribution in [1.82, 2.24) is 0 Å². The van der Waals surface area contributed by atoms with E-state index in [1.807, 2.05) is 0 Å². The SMILES string of the molecule is FC(F)C(F)C(F)[CH](F)[Sn]([O]Cc1ccccc1)([CH](F)C(F)C(F)C(F)F)[CH](F)C(F)C(F)C(F)F. The van der Waals surface area contributed by atoms with Crippen molar-refractivity contribution in [2.24, 2.45) is 0 Å². The molecule has 1 aromatic carbocycles. The average molecular weight is 667 g/mol. The van der Waals surface area contributed by atoms with Gasteiger partial charge in [0.05, 0.1) is 0 Å². The monoisotopic (exact) mass is 668 g/mol. The van der Waals surface area contributed by atoms with Gasteiger partial charge in [0.1, 0.15) is 0 Å². The Morgan fingerprint density at radius 1 is 0.472 bits per heavy atom. The van der Waals surface area contributed by atoms with Crippen LogP contribution in [0.15, 0.2) is 30.3 Å². The molecule has 0 amide bonds. The molecule has 0 aliphatic rings. The van der Waals surface area contributed by atoms with Gasteiger partial charge in [-0.3, -0.25) is 0 Å². The second-order valence-corrected chi connectivity index (χ2v) is 17.9. The van der Waals surface area contributed by atoms with E-state index in [-0.39, 0.29) is 5.56 Å². The summed E-state index contributed by atoms with van der Waals surface area (Å²) in [7, 11) is 0. The molecule has 9 atom stereocenters. The predicted octanol–water partition coefficient (Wildman–Crippen LogP) is 6.60. The first kappa shape index (κ1) is 33.0. The fourth-order valence-electron chi connectivity index (χ4n) is 3.13. The third-order valence-electron chi connectivity index (χ3n) is 5.10. The third-order valence-corrected chi connectivity index (χ3v) is 17.0. The molecule has 17 heteroatoms. The number of hydrogen-bond acceptors (Lipinski definition) is 1. The number of hydrogen-bond donors (Lipinski definition) is 0. The quantitative estimate of drug-likeness (QED) is 0.151. The molecule has 0 fully saturated rings. The molecule has 1 aromatic rings. The van der Waals surface area contributed by atoms with Crippen molar-refractivity contribution in [3.63, 3.8) is 0 Å². The van der Waals surface area contributed by atoms with Gasteiger partial charge in [-0.25, -0.2) is 0 Å². The molecule has 0 saturated heterocycles. The van der Waals surface area contributed by atoms with Crippen LogP contribution in [0.2, 0.25) is 0 Å². The van der Waals surface area contributed by atoms with Gasteiger partial charge < -0.3 is 0 Å². The molecular formula is C19H19F15OSn. The maximum absolute atomic E-state index is 15.2. The van der Waals surface area contributed by atoms with Crippen LogP contribution in [0.3, 0.4) is 0 Å². The molecular weight excluding hydrogens is 648 g/mol. The number of alkyl halides is 15. The van der Waals surface area contributed by atoms with Crippen LogP contribution in [-0.2, 0) is 9.68 Å². The molecule has 210 valence electrons. The van der Waals surface area contributed by atoms with Gasteiger partial charge in [0.15, 0.2) is 0 Å². The first-order valence-corrected chi connectivity index (χ1v) is 16.0. The van der Waals surface area contributed by atoms with Crippen LogP contribution in [0.5, 0.6) is 0 Å². The van der Waals surface area contributed by atoms with Crippen molar-refractivity contribution >= 4 is 18.8 Å². The summed E-state index contributed by atoms with van der Waals surface area (Å²) in [6, 6.07) is 5.76. The number of benzene rings is 1. The number of halogens is 15. The zero-order valence-electron chi connectivity index (χ0n) is 17.6. The van der Waals surface area contributed by atoms with Crippen LogP contribution in [0.25, 0.3) is 0 Å². The van der Waals surface area contributed by atoms with Crippen LogP contribution in [0.4, 0.5) is 65.9 Å². The molecule has 1 rings (SSSR count). The summed E-state index contributed by atoms with van der Waals surface area (Å²) in [4.78, 5) is 0. The van der Waals surface area contributed by atoms with E-state index in [4.69, 9.17) is 0 Å². The summed E-state index contributed by atoms with van der Waals surface area (Å²) in [5, 5.41) is 0. The van der Waals surface area contributed by atoms with E-state index in [9.17, 15) is 52.7 Å². The summed E-state index contributed by atoms with van der Waals surface area (Å²) in [5.41, 5.74) is -0.256. The molecule has 0 saturated carbocycles. The van der Waals surface area contributed by atoms with Crippen LogP contribution in [-0.4, -0.2) is 87.7 Å². The van der Waals surface area contributed by atoms with E-state index in [2.05, 4.69) is 3.07 Å². The standard InChI is InChI=1S/C7H7O.3C4H4F5.Sn/c8-6-7-4-2-1-3-5-7;3*5-1-2(6)3(7)4(8)9;/h1-5H,6H2;3*1-4H;/q-1;;;;+1. The van der Waals surface area contributed by atoms with E-state index in [1.165, 1.54) is 18.2 Å². The molecule has 0 heterocycles. The zero-order valence-corrected chi connectivity index (χ0v) is 20.5. The van der Waals surface area contributed by atoms with Gasteiger partial charge in [-0.1, -0.05) is 0 Å². The molecule has 0 aliphatic heterocycles. The van der Waals surface area contributed by atoms with Gasteiger partial charge in [-0.2, -0.15) is 0 Å². The fourth-order valence-corrected chi connectivity index (χ4v) is 14.1. The summed E-state index contributed by atoms with van der Waals surface area (Å²) >= 11 is -8.22. The Morgan fingerprint density at radius 2 is 0.778 bits per heavy atom. The van der Waals surface area contributed by atoms with Gasteiger partial charge in [-0.15, -0.1) is 0 Å². The Kier molecular flexibility index (Phi) is 13.0. The molecule has 0 aliphatic carbocycles. The molecule has 36 heavy (non-hydrogen) atoms. The van der Waals surface area contributed by atoms with Gasteiger partial charge in [0.25, 0.3) is 0 Å². The van der Waals surface area contributed by atoms with Crippen molar-refractivity contribution in [3.8, 4) is 0 Å². The van der Waals surface area contributed by atoms with Gasteiger partial charge in [0.2, 0.25) is 0 Å². The van der Waals surface area contributed by atoms with Crippen molar-refractivity contribution in [2.45, 2.75) is 75.5 Å². The van der Waals surface area contributed by atoms with E-state index in [0.29, 0.717) is 0 Å². The van der Waals surface area contributed by atoms with E-state index in [1.54, 1.807) is 0 Å². The molecule has 0 bridgehead atoms. The topological polar surface area (TPSA) is 9.23 Å².